The Kier molecular flexibility index (Phi) is 4.84. The summed E-state index contributed by atoms with van der Waals surface area (Å²) < 4.78 is 0. The van der Waals surface area contributed by atoms with E-state index in [1.807, 2.05) is 13.4 Å². The topological polar surface area (TPSA) is 18.8 Å². The molecule has 0 radical (unpaired) electrons. The highest BCUT2D eigenvalue weighted by atomic mass is 35.5. The van der Waals surface area contributed by atoms with Crippen molar-refractivity contribution in [2.24, 2.45) is 4.99 Å². The summed E-state index contributed by atoms with van der Waals surface area (Å²) in [5, 5.41) is 0. The quantitative estimate of drug-likeness (QED) is 0.650. The van der Waals surface area contributed by atoms with E-state index in [-0.39, 0.29) is 6.17 Å². The third kappa shape index (κ3) is 3.01. The van der Waals surface area contributed by atoms with Gasteiger partial charge in [0.25, 0.3) is 0 Å². The highest BCUT2D eigenvalue weighted by Crippen LogP contribution is 2.07. The summed E-state index contributed by atoms with van der Waals surface area (Å²) in [6.07, 6.45) is 2.10. The minimum absolute atomic E-state index is 0.228. The fourth-order valence-corrected chi connectivity index (χ4v) is 2.04. The van der Waals surface area contributed by atoms with Gasteiger partial charge in [-0.1, -0.05) is 0 Å². The Labute approximate surface area is 89.3 Å². The minimum atomic E-state index is 0.228. The van der Waals surface area contributed by atoms with Crippen molar-refractivity contribution in [3.63, 3.8) is 0 Å². The molecule has 0 N–H and O–H groups in total. The van der Waals surface area contributed by atoms with Gasteiger partial charge in [0.1, 0.15) is 0 Å². The second kappa shape index (κ2) is 5.68. The van der Waals surface area contributed by atoms with Crippen molar-refractivity contribution in [3.05, 3.63) is 0 Å². The van der Waals surface area contributed by atoms with Gasteiger partial charge in [0.2, 0.25) is 0 Å². The molecule has 1 rings (SSSR count). The molecular formula is C8H15Cl2N3. The predicted molar refractivity (Wildman–Crippen MR) is 57.9 cm³/mol. The largest absolute Gasteiger partial charge is 0.344 e. The SMILES string of the molecule is CN(CCCl)C(CCl)N1C=NCC1. The normalized spacial score (nSPS) is 18.6. The Morgan fingerprint density at radius 2 is 2.38 bits per heavy atom. The number of hydrogen-bond acceptors (Lipinski definition) is 3. The van der Waals surface area contributed by atoms with Gasteiger partial charge in [0.05, 0.1) is 24.9 Å². The Hall–Kier alpha value is 0.01000. The van der Waals surface area contributed by atoms with Crippen LogP contribution in [0, 0.1) is 0 Å². The molecule has 0 saturated heterocycles. The lowest BCUT2D eigenvalue weighted by molar-refractivity contribution is 0.156. The van der Waals surface area contributed by atoms with Crippen LogP contribution >= 0.6 is 23.2 Å². The molecule has 76 valence electrons. The first-order valence-corrected chi connectivity index (χ1v) is 5.44. The molecule has 0 aromatic heterocycles. The maximum absolute atomic E-state index is 5.89. The van der Waals surface area contributed by atoms with Crippen LogP contribution in [0.25, 0.3) is 0 Å². The third-order valence-corrected chi connectivity index (χ3v) is 2.63. The van der Waals surface area contributed by atoms with E-state index in [0.717, 1.165) is 19.6 Å². The zero-order valence-electron chi connectivity index (χ0n) is 7.79. The van der Waals surface area contributed by atoms with Crippen LogP contribution in [-0.2, 0) is 0 Å². The lowest BCUT2D eigenvalue weighted by Gasteiger charge is -2.32. The van der Waals surface area contributed by atoms with Gasteiger partial charge >= 0.3 is 0 Å². The van der Waals surface area contributed by atoms with Crippen LogP contribution in [0.5, 0.6) is 0 Å². The van der Waals surface area contributed by atoms with Crippen molar-refractivity contribution in [1.82, 2.24) is 9.80 Å². The summed E-state index contributed by atoms with van der Waals surface area (Å²) >= 11 is 11.6. The van der Waals surface area contributed by atoms with Gasteiger partial charge in [0, 0.05) is 19.0 Å². The predicted octanol–water partition coefficient (Wildman–Crippen LogP) is 1.07. The van der Waals surface area contributed by atoms with Gasteiger partial charge in [-0.15, -0.1) is 23.2 Å². The van der Waals surface area contributed by atoms with Crippen LogP contribution in [0.4, 0.5) is 0 Å². The van der Waals surface area contributed by atoms with Gasteiger partial charge < -0.3 is 4.90 Å². The Morgan fingerprint density at radius 3 is 2.85 bits per heavy atom. The lowest BCUT2D eigenvalue weighted by atomic mass is 10.4. The van der Waals surface area contributed by atoms with Crippen LogP contribution in [0.3, 0.4) is 0 Å². The summed E-state index contributed by atoms with van der Waals surface area (Å²) in [7, 11) is 2.03. The summed E-state index contributed by atoms with van der Waals surface area (Å²) in [4.78, 5) is 8.46. The number of halogens is 2. The number of aliphatic imine (C=N–C) groups is 1. The molecule has 0 fully saturated rings. The molecule has 0 saturated carbocycles. The molecule has 0 aromatic rings. The molecule has 1 heterocycles. The zero-order chi connectivity index (χ0) is 9.68. The molecule has 5 heteroatoms. The van der Waals surface area contributed by atoms with Crippen molar-refractivity contribution in [1.29, 1.82) is 0 Å². The summed E-state index contributed by atoms with van der Waals surface area (Å²) in [6, 6.07) is 0. The Morgan fingerprint density at radius 1 is 1.62 bits per heavy atom. The minimum Gasteiger partial charge on any atom is -0.344 e. The maximum atomic E-state index is 5.89. The lowest BCUT2D eigenvalue weighted by Crippen LogP contribution is -2.47. The second-order valence-corrected chi connectivity index (χ2v) is 3.75. The second-order valence-electron chi connectivity index (χ2n) is 3.06. The summed E-state index contributed by atoms with van der Waals surface area (Å²) in [6.45, 7) is 2.69. The van der Waals surface area contributed by atoms with Gasteiger partial charge in [-0.3, -0.25) is 9.89 Å². The molecule has 1 aliphatic rings. The van der Waals surface area contributed by atoms with E-state index < -0.39 is 0 Å². The molecule has 0 aromatic carbocycles. The number of rotatable bonds is 5. The standard InChI is InChI=1S/C8H15Cl2N3/c1-12(4-2-9)8(6-10)13-5-3-11-7-13/h7-8H,2-6H2,1H3. The first kappa shape index (κ1) is 11.1. The van der Waals surface area contributed by atoms with Gasteiger partial charge in [-0.05, 0) is 7.05 Å². The average Bonchev–Trinajstić information content (AvgIpc) is 2.59. The van der Waals surface area contributed by atoms with Crippen molar-refractivity contribution in [2.75, 3.05) is 38.4 Å². The maximum Gasteiger partial charge on any atom is 0.0964 e. The molecular weight excluding hydrogens is 209 g/mol. The van der Waals surface area contributed by atoms with Gasteiger partial charge in [-0.25, -0.2) is 0 Å². The van der Waals surface area contributed by atoms with E-state index in [1.54, 1.807) is 0 Å². The molecule has 0 bridgehead atoms. The molecule has 0 amide bonds. The smallest absolute Gasteiger partial charge is 0.0964 e. The highest BCUT2D eigenvalue weighted by Gasteiger charge is 2.20. The number of alkyl halides is 2. The summed E-state index contributed by atoms with van der Waals surface area (Å²) in [5.74, 6) is 1.22. The van der Waals surface area contributed by atoms with E-state index in [9.17, 15) is 0 Å². The first-order chi connectivity index (χ1) is 6.29. The number of nitrogens with zero attached hydrogens (tertiary/aromatic N) is 3. The van der Waals surface area contributed by atoms with Crippen molar-refractivity contribution >= 4 is 29.5 Å². The van der Waals surface area contributed by atoms with Crippen LogP contribution < -0.4 is 0 Å². The van der Waals surface area contributed by atoms with Crippen molar-refractivity contribution in [3.8, 4) is 0 Å². The van der Waals surface area contributed by atoms with E-state index in [0.29, 0.717) is 11.8 Å². The van der Waals surface area contributed by atoms with Crippen LogP contribution in [0.15, 0.2) is 4.99 Å². The summed E-state index contributed by atoms with van der Waals surface area (Å²) in [5.41, 5.74) is 0. The molecule has 3 nitrogen and oxygen atoms in total. The Bertz CT molecular complexity index is 175. The van der Waals surface area contributed by atoms with E-state index in [2.05, 4.69) is 14.8 Å². The molecule has 1 atom stereocenters. The molecule has 1 aliphatic heterocycles. The van der Waals surface area contributed by atoms with Crippen molar-refractivity contribution < 1.29 is 0 Å². The van der Waals surface area contributed by atoms with Gasteiger partial charge in [0.15, 0.2) is 0 Å². The van der Waals surface area contributed by atoms with Crippen molar-refractivity contribution in [2.45, 2.75) is 6.17 Å². The third-order valence-electron chi connectivity index (χ3n) is 2.18. The average molecular weight is 224 g/mol. The molecule has 13 heavy (non-hydrogen) atoms. The molecule has 0 spiro atoms. The van der Waals surface area contributed by atoms with Crippen LogP contribution in [0.2, 0.25) is 0 Å². The van der Waals surface area contributed by atoms with E-state index in [4.69, 9.17) is 23.2 Å². The highest BCUT2D eigenvalue weighted by molar-refractivity contribution is 6.18. The molecule has 0 aliphatic carbocycles. The van der Waals surface area contributed by atoms with E-state index in [1.165, 1.54) is 0 Å². The van der Waals surface area contributed by atoms with Crippen LogP contribution in [0.1, 0.15) is 0 Å². The fourth-order valence-electron chi connectivity index (χ4n) is 1.36. The zero-order valence-corrected chi connectivity index (χ0v) is 9.30. The van der Waals surface area contributed by atoms with E-state index >= 15 is 0 Å². The molecule has 1 unspecified atom stereocenters. The van der Waals surface area contributed by atoms with Gasteiger partial charge in [-0.2, -0.15) is 0 Å². The fraction of sp³-hybridized carbons (Fsp3) is 0.875. The number of hydrogen-bond donors (Lipinski definition) is 0. The van der Waals surface area contributed by atoms with Crippen LogP contribution in [-0.4, -0.2) is 60.7 Å². The monoisotopic (exact) mass is 223 g/mol. The Balaban J connectivity index is 2.45. The first-order valence-electron chi connectivity index (χ1n) is 4.37.